The van der Waals surface area contributed by atoms with Gasteiger partial charge in [-0.05, 0) is 77.0 Å². The van der Waals surface area contributed by atoms with Crippen molar-refractivity contribution in [3.63, 3.8) is 0 Å². The molecule has 1 saturated heterocycles. The van der Waals surface area contributed by atoms with E-state index in [1.54, 1.807) is 6.08 Å². The lowest BCUT2D eigenvalue weighted by Gasteiger charge is -2.41. The SMILES string of the molecule is CC/C=C\C/C=C\C/C=C\C/C=C\C/C=C\C/C=C\CCCCCCCCCCC(=O)OC1C(OCC(NC(=O)C(O)CCCCCCCCCCCCCCCCCCCCCCCCCC)C(O)/C=C/CCCCCCCCCCC)OC(CO)C(O)C1O. The van der Waals surface area contributed by atoms with Crippen LogP contribution in [0.4, 0.5) is 0 Å². The smallest absolute Gasteiger partial charge is 0.306 e. The maximum atomic E-state index is 13.5. The van der Waals surface area contributed by atoms with Gasteiger partial charge in [-0.2, -0.15) is 0 Å². The van der Waals surface area contributed by atoms with Gasteiger partial charge in [0.25, 0.3) is 0 Å². The molecule has 1 amide bonds. The highest BCUT2D eigenvalue weighted by Gasteiger charge is 2.47. The molecular formula is C80H143NO10. The molecule has 528 valence electrons. The molecule has 1 aliphatic heterocycles. The van der Waals surface area contributed by atoms with Crippen molar-refractivity contribution in [1.82, 2.24) is 5.32 Å². The summed E-state index contributed by atoms with van der Waals surface area (Å²) in [5.41, 5.74) is 0. The lowest BCUT2D eigenvalue weighted by atomic mass is 9.99. The molecule has 91 heavy (non-hydrogen) atoms. The summed E-state index contributed by atoms with van der Waals surface area (Å²) in [4.78, 5) is 26.7. The van der Waals surface area contributed by atoms with Crippen LogP contribution in [0.15, 0.2) is 85.1 Å². The molecular weight excluding hydrogens is 1130 g/mol. The summed E-state index contributed by atoms with van der Waals surface area (Å²) in [5, 5.41) is 57.3. The Morgan fingerprint density at radius 1 is 0.440 bits per heavy atom. The number of carbonyl (C=O) groups is 2. The van der Waals surface area contributed by atoms with E-state index in [0.717, 1.165) is 109 Å². The first-order valence-corrected chi connectivity index (χ1v) is 38.4. The molecule has 1 rings (SSSR count). The number of aliphatic hydroxyl groups is 5. The molecule has 0 aliphatic carbocycles. The fraction of sp³-hybridized carbons (Fsp3) is 0.800. The molecule has 6 N–H and O–H groups in total. The van der Waals surface area contributed by atoms with Crippen molar-refractivity contribution in [2.45, 2.75) is 397 Å². The molecule has 0 spiro atoms. The van der Waals surface area contributed by atoms with Crippen LogP contribution in [-0.2, 0) is 23.8 Å². The number of nitrogens with one attached hydrogen (secondary N) is 1. The van der Waals surface area contributed by atoms with Crippen molar-refractivity contribution in [3.05, 3.63) is 85.1 Å². The van der Waals surface area contributed by atoms with E-state index >= 15 is 0 Å². The Kier molecular flexibility index (Phi) is 63.1. The highest BCUT2D eigenvalue weighted by molar-refractivity contribution is 5.80. The first kappa shape index (κ1) is 85.9. The Morgan fingerprint density at radius 3 is 1.19 bits per heavy atom. The van der Waals surface area contributed by atoms with Crippen LogP contribution in [-0.4, -0.2) is 99.6 Å². The number of allylic oxidation sites excluding steroid dienone is 13. The third-order valence-electron chi connectivity index (χ3n) is 17.8. The average molecular weight is 1280 g/mol. The van der Waals surface area contributed by atoms with Crippen LogP contribution in [0.25, 0.3) is 0 Å². The van der Waals surface area contributed by atoms with Gasteiger partial charge in [-0.1, -0.05) is 350 Å². The molecule has 8 unspecified atom stereocenters. The van der Waals surface area contributed by atoms with Crippen LogP contribution >= 0.6 is 0 Å². The zero-order valence-corrected chi connectivity index (χ0v) is 59.0. The molecule has 0 aromatic heterocycles. The van der Waals surface area contributed by atoms with E-state index in [4.69, 9.17) is 14.2 Å². The number of ether oxygens (including phenoxy) is 3. The summed E-state index contributed by atoms with van der Waals surface area (Å²) in [6, 6.07) is -1.03. The van der Waals surface area contributed by atoms with E-state index in [0.29, 0.717) is 19.3 Å². The van der Waals surface area contributed by atoms with Crippen LogP contribution in [0.1, 0.15) is 348 Å². The van der Waals surface area contributed by atoms with Crippen molar-refractivity contribution < 1.29 is 49.3 Å². The quantitative estimate of drug-likeness (QED) is 0.0195. The average Bonchev–Trinajstić information content (AvgIpc) is 1.14. The lowest BCUT2D eigenvalue weighted by molar-refractivity contribution is -0.305. The Labute approximate surface area is 559 Å². The van der Waals surface area contributed by atoms with Gasteiger partial charge in [0.15, 0.2) is 12.4 Å². The summed E-state index contributed by atoms with van der Waals surface area (Å²) in [5.74, 6) is -1.19. The van der Waals surface area contributed by atoms with E-state index in [9.17, 15) is 35.1 Å². The molecule has 0 aromatic carbocycles. The Hall–Kier alpha value is -3.16. The van der Waals surface area contributed by atoms with E-state index in [2.05, 4.69) is 99.0 Å². The second-order valence-electron chi connectivity index (χ2n) is 26.4. The zero-order chi connectivity index (χ0) is 66.0. The summed E-state index contributed by atoms with van der Waals surface area (Å²) < 4.78 is 17.7. The minimum Gasteiger partial charge on any atom is -0.454 e. The molecule has 1 heterocycles. The summed E-state index contributed by atoms with van der Waals surface area (Å²) in [7, 11) is 0. The van der Waals surface area contributed by atoms with Crippen LogP contribution in [0.2, 0.25) is 0 Å². The van der Waals surface area contributed by atoms with Gasteiger partial charge in [-0.15, -0.1) is 0 Å². The number of carbonyl (C=O) groups excluding carboxylic acids is 2. The fourth-order valence-electron chi connectivity index (χ4n) is 11.8. The molecule has 0 saturated carbocycles. The van der Waals surface area contributed by atoms with Gasteiger partial charge in [0.2, 0.25) is 5.91 Å². The Balaban J connectivity index is 2.51. The molecule has 0 aromatic rings. The number of hydrogen-bond donors (Lipinski definition) is 6. The fourth-order valence-corrected chi connectivity index (χ4v) is 11.8. The highest BCUT2D eigenvalue weighted by atomic mass is 16.7. The molecule has 1 aliphatic rings. The van der Waals surface area contributed by atoms with Crippen LogP contribution < -0.4 is 5.32 Å². The van der Waals surface area contributed by atoms with Crippen molar-refractivity contribution in [3.8, 4) is 0 Å². The Morgan fingerprint density at radius 2 is 0.791 bits per heavy atom. The summed E-state index contributed by atoms with van der Waals surface area (Å²) in [6.07, 6.45) is 79.2. The summed E-state index contributed by atoms with van der Waals surface area (Å²) in [6.45, 7) is 5.72. The van der Waals surface area contributed by atoms with Crippen LogP contribution in [0.5, 0.6) is 0 Å². The second-order valence-corrected chi connectivity index (χ2v) is 26.4. The van der Waals surface area contributed by atoms with Gasteiger partial charge >= 0.3 is 5.97 Å². The number of hydrogen-bond acceptors (Lipinski definition) is 10. The number of amides is 1. The standard InChI is InChI=1S/C80H143NO10/c1-4-7-10-13-16-19-22-24-26-28-30-32-34-36-37-38-40-42-44-46-48-50-53-56-59-62-65-68-75(85)91-78-77(87)76(86)74(69-82)90-80(78)89-70-71(72(83)66-63-60-57-54-51-21-18-15-12-9-6-3)81-79(88)73(84)67-64-61-58-55-52-49-47-45-43-41-39-35-33-31-29-27-25-23-20-17-14-11-8-5-2/h7,10,16,19,24,26,30,32,36-37,40,42,63,66,71-74,76-78,80,82-84,86-87H,4-6,8-9,11-15,17-18,20-23,25,27-29,31,33-35,38-39,41,43-62,64-65,67-70H2,1-3H3,(H,81,88)/b10-7-,19-16-,26-24-,32-30-,37-36-,42-40-,66-63+. The third-order valence-corrected chi connectivity index (χ3v) is 17.8. The van der Waals surface area contributed by atoms with Gasteiger partial charge in [0, 0.05) is 6.42 Å². The molecule has 11 nitrogen and oxygen atoms in total. The molecule has 0 bridgehead atoms. The van der Waals surface area contributed by atoms with E-state index in [1.165, 1.54) is 193 Å². The van der Waals surface area contributed by atoms with Crippen molar-refractivity contribution >= 4 is 11.9 Å². The minimum atomic E-state index is -1.62. The van der Waals surface area contributed by atoms with Gasteiger partial charge < -0.3 is 45.1 Å². The van der Waals surface area contributed by atoms with Gasteiger partial charge in [0.05, 0.1) is 25.4 Å². The molecule has 0 radical (unpaired) electrons. The molecule has 11 heteroatoms. The number of esters is 1. The first-order chi connectivity index (χ1) is 44.7. The van der Waals surface area contributed by atoms with Crippen LogP contribution in [0.3, 0.4) is 0 Å². The van der Waals surface area contributed by atoms with Gasteiger partial charge in [-0.3, -0.25) is 9.59 Å². The third kappa shape index (κ3) is 53.7. The minimum absolute atomic E-state index is 0.111. The Bertz CT molecular complexity index is 1810. The summed E-state index contributed by atoms with van der Waals surface area (Å²) >= 11 is 0. The maximum absolute atomic E-state index is 13.5. The van der Waals surface area contributed by atoms with Crippen molar-refractivity contribution in [2.75, 3.05) is 13.2 Å². The highest BCUT2D eigenvalue weighted by Crippen LogP contribution is 2.26. The van der Waals surface area contributed by atoms with Crippen molar-refractivity contribution in [1.29, 1.82) is 0 Å². The van der Waals surface area contributed by atoms with Gasteiger partial charge in [0.1, 0.15) is 24.4 Å². The predicted molar refractivity (Wildman–Crippen MR) is 384 cm³/mol. The zero-order valence-electron chi connectivity index (χ0n) is 59.0. The maximum Gasteiger partial charge on any atom is 0.306 e. The number of aliphatic hydroxyl groups excluding tert-OH is 5. The van der Waals surface area contributed by atoms with Crippen molar-refractivity contribution in [2.24, 2.45) is 0 Å². The number of rotatable bonds is 66. The predicted octanol–water partition coefficient (Wildman–Crippen LogP) is 20.4. The monoisotopic (exact) mass is 1280 g/mol. The van der Waals surface area contributed by atoms with E-state index in [1.807, 2.05) is 6.08 Å². The molecule has 1 fully saturated rings. The molecule has 8 atom stereocenters. The normalized spacial score (nSPS) is 18.4. The topological polar surface area (TPSA) is 175 Å². The van der Waals surface area contributed by atoms with E-state index in [-0.39, 0.29) is 13.0 Å². The lowest BCUT2D eigenvalue weighted by Crippen LogP contribution is -2.61. The largest absolute Gasteiger partial charge is 0.454 e. The van der Waals surface area contributed by atoms with Crippen LogP contribution in [0, 0.1) is 0 Å². The van der Waals surface area contributed by atoms with Gasteiger partial charge in [-0.25, -0.2) is 0 Å². The second kappa shape index (κ2) is 66.8. The van der Waals surface area contributed by atoms with E-state index < -0.39 is 67.4 Å². The first-order valence-electron chi connectivity index (χ1n) is 38.4. The number of unbranched alkanes of at least 4 members (excludes halogenated alkanes) is 40.